The molecule has 10 heteroatoms. The van der Waals surface area contributed by atoms with Crippen molar-refractivity contribution in [2.45, 2.75) is 19.6 Å². The number of methoxy groups -OCH3 is 1. The maximum atomic E-state index is 12.4. The average molecular weight is 446 g/mol. The number of nitrogens with zero attached hydrogens (tertiary/aromatic N) is 4. The number of nitrogens with one attached hydrogen (secondary N) is 1. The molecule has 0 bridgehead atoms. The van der Waals surface area contributed by atoms with E-state index in [4.69, 9.17) is 32.7 Å². The summed E-state index contributed by atoms with van der Waals surface area (Å²) in [4.78, 5) is 12.4. The Kier molecular flexibility index (Phi) is 5.61. The Balaban J connectivity index is 1.58. The second-order valence-electron chi connectivity index (χ2n) is 6.61. The Morgan fingerprint density at radius 2 is 1.93 bits per heavy atom. The molecule has 2 heterocycles. The van der Waals surface area contributed by atoms with Crippen LogP contribution in [-0.4, -0.2) is 33.3 Å². The molecule has 4 rings (SSSR count). The number of rotatable bonds is 5. The van der Waals surface area contributed by atoms with E-state index in [1.807, 2.05) is 30.3 Å². The van der Waals surface area contributed by atoms with Crippen molar-refractivity contribution in [3.63, 3.8) is 0 Å². The van der Waals surface area contributed by atoms with Crippen LogP contribution >= 0.6 is 23.2 Å². The molecule has 154 valence electrons. The van der Waals surface area contributed by atoms with Crippen molar-refractivity contribution in [1.82, 2.24) is 20.2 Å². The van der Waals surface area contributed by atoms with Gasteiger partial charge in [-0.25, -0.2) is 4.79 Å². The monoisotopic (exact) mass is 445 g/mol. The lowest BCUT2D eigenvalue weighted by Crippen LogP contribution is -2.29. The SMILES string of the molecule is COC(=O)C1=C(C)Nc2nnnn2C1c1ccc(OCc2ccc(Cl)c(Cl)c2)cc1. The van der Waals surface area contributed by atoms with Crippen molar-refractivity contribution in [3.05, 3.63) is 74.9 Å². The van der Waals surface area contributed by atoms with Crippen molar-refractivity contribution in [2.24, 2.45) is 0 Å². The van der Waals surface area contributed by atoms with E-state index in [0.29, 0.717) is 39.6 Å². The van der Waals surface area contributed by atoms with Gasteiger partial charge in [-0.1, -0.05) is 46.5 Å². The lowest BCUT2D eigenvalue weighted by atomic mass is 9.96. The van der Waals surface area contributed by atoms with Gasteiger partial charge in [0.15, 0.2) is 0 Å². The Hall–Kier alpha value is -3.10. The number of tetrazole rings is 1. The summed E-state index contributed by atoms with van der Waals surface area (Å²) >= 11 is 12.0. The van der Waals surface area contributed by atoms with Gasteiger partial charge in [0, 0.05) is 5.70 Å². The fraction of sp³-hybridized carbons (Fsp3) is 0.200. The van der Waals surface area contributed by atoms with E-state index in [9.17, 15) is 4.79 Å². The highest BCUT2D eigenvalue weighted by molar-refractivity contribution is 6.42. The fourth-order valence-electron chi connectivity index (χ4n) is 3.24. The number of benzene rings is 2. The quantitative estimate of drug-likeness (QED) is 0.592. The summed E-state index contributed by atoms with van der Waals surface area (Å²) in [6.45, 7) is 2.12. The number of aromatic nitrogens is 4. The van der Waals surface area contributed by atoms with E-state index in [0.717, 1.165) is 11.1 Å². The van der Waals surface area contributed by atoms with Crippen molar-refractivity contribution in [1.29, 1.82) is 0 Å². The predicted molar refractivity (Wildman–Crippen MR) is 112 cm³/mol. The number of allylic oxidation sites excluding steroid dienone is 1. The van der Waals surface area contributed by atoms with Crippen LogP contribution in [0, 0.1) is 0 Å². The van der Waals surface area contributed by atoms with Gasteiger partial charge >= 0.3 is 5.97 Å². The normalized spacial score (nSPS) is 15.4. The number of ether oxygens (including phenoxy) is 2. The number of hydrogen-bond acceptors (Lipinski definition) is 7. The summed E-state index contributed by atoms with van der Waals surface area (Å²) in [6.07, 6.45) is 0. The van der Waals surface area contributed by atoms with Gasteiger partial charge in [0.2, 0.25) is 5.95 Å². The van der Waals surface area contributed by atoms with Gasteiger partial charge in [-0.3, -0.25) is 0 Å². The fourth-order valence-corrected chi connectivity index (χ4v) is 3.56. The van der Waals surface area contributed by atoms with Gasteiger partial charge in [0.05, 0.1) is 22.7 Å². The Morgan fingerprint density at radius 3 is 2.63 bits per heavy atom. The Morgan fingerprint density at radius 1 is 1.17 bits per heavy atom. The molecule has 1 aromatic heterocycles. The minimum atomic E-state index is -0.521. The summed E-state index contributed by atoms with van der Waals surface area (Å²) < 4.78 is 12.4. The molecule has 0 spiro atoms. The van der Waals surface area contributed by atoms with Gasteiger partial charge in [0.25, 0.3) is 0 Å². The number of anilines is 1. The molecule has 0 saturated carbocycles. The zero-order chi connectivity index (χ0) is 21.3. The molecule has 0 saturated heterocycles. The highest BCUT2D eigenvalue weighted by atomic mass is 35.5. The van der Waals surface area contributed by atoms with Crippen molar-refractivity contribution < 1.29 is 14.3 Å². The highest BCUT2D eigenvalue weighted by Crippen LogP contribution is 2.35. The predicted octanol–water partition coefficient (Wildman–Crippen LogP) is 4.02. The smallest absolute Gasteiger partial charge is 0.338 e. The first-order valence-corrected chi connectivity index (χ1v) is 9.74. The zero-order valence-electron chi connectivity index (χ0n) is 16.1. The van der Waals surface area contributed by atoms with Crippen LogP contribution in [0.4, 0.5) is 5.95 Å². The van der Waals surface area contributed by atoms with E-state index >= 15 is 0 Å². The first-order chi connectivity index (χ1) is 14.5. The van der Waals surface area contributed by atoms with Gasteiger partial charge in [-0.2, -0.15) is 4.68 Å². The molecular weight excluding hydrogens is 429 g/mol. The van der Waals surface area contributed by atoms with Crippen LogP contribution in [0.3, 0.4) is 0 Å². The number of halogens is 2. The summed E-state index contributed by atoms with van der Waals surface area (Å²) in [5, 5.41) is 15.7. The lowest BCUT2D eigenvalue weighted by molar-refractivity contribution is -0.136. The molecule has 8 nitrogen and oxygen atoms in total. The molecule has 3 aromatic rings. The highest BCUT2D eigenvalue weighted by Gasteiger charge is 2.34. The van der Waals surface area contributed by atoms with Crippen LogP contribution in [0.15, 0.2) is 53.7 Å². The van der Waals surface area contributed by atoms with Crippen LogP contribution in [0.1, 0.15) is 24.1 Å². The minimum Gasteiger partial charge on any atom is -0.489 e. The van der Waals surface area contributed by atoms with E-state index < -0.39 is 12.0 Å². The lowest BCUT2D eigenvalue weighted by Gasteiger charge is -2.27. The first kappa shape index (κ1) is 20.2. The van der Waals surface area contributed by atoms with Crippen LogP contribution < -0.4 is 10.1 Å². The first-order valence-electron chi connectivity index (χ1n) is 8.98. The third kappa shape index (κ3) is 3.83. The molecule has 0 aliphatic carbocycles. The molecule has 1 aliphatic rings. The Labute approximate surface area is 182 Å². The van der Waals surface area contributed by atoms with Crippen molar-refractivity contribution >= 4 is 35.1 Å². The number of hydrogen-bond donors (Lipinski definition) is 1. The van der Waals surface area contributed by atoms with Gasteiger partial charge in [0.1, 0.15) is 18.4 Å². The summed E-state index contributed by atoms with van der Waals surface area (Å²) in [5.41, 5.74) is 2.78. The largest absolute Gasteiger partial charge is 0.489 e. The molecule has 2 aromatic carbocycles. The standard InChI is InChI=1S/C20H17Cl2N5O3/c1-11-17(19(28)29-2)18(27-20(23-11)24-25-26-27)13-4-6-14(7-5-13)30-10-12-3-8-15(21)16(22)9-12/h3-9,18H,10H2,1-2H3,(H,23,24,26). The third-order valence-corrected chi connectivity index (χ3v) is 5.44. The van der Waals surface area contributed by atoms with Crippen molar-refractivity contribution in [3.8, 4) is 5.75 Å². The van der Waals surface area contributed by atoms with Crippen LogP contribution in [0.5, 0.6) is 5.75 Å². The maximum absolute atomic E-state index is 12.4. The van der Waals surface area contributed by atoms with Gasteiger partial charge < -0.3 is 14.8 Å². The minimum absolute atomic E-state index is 0.340. The van der Waals surface area contributed by atoms with Crippen molar-refractivity contribution in [2.75, 3.05) is 12.4 Å². The molecule has 1 atom stereocenters. The molecule has 0 fully saturated rings. The van der Waals surface area contributed by atoms with Gasteiger partial charge in [-0.15, -0.1) is 0 Å². The van der Waals surface area contributed by atoms with E-state index in [-0.39, 0.29) is 0 Å². The number of carbonyl (C=O) groups excluding carboxylic acids is 1. The topological polar surface area (TPSA) is 91.2 Å². The molecule has 1 unspecified atom stereocenters. The second kappa shape index (κ2) is 8.33. The van der Waals surface area contributed by atoms with Gasteiger partial charge in [-0.05, 0) is 52.7 Å². The number of fused-ring (bicyclic) bond motifs is 1. The molecule has 1 N–H and O–H groups in total. The summed E-state index contributed by atoms with van der Waals surface area (Å²) in [5.74, 6) is 0.659. The van der Waals surface area contributed by atoms with Crippen LogP contribution in [0.25, 0.3) is 0 Å². The number of esters is 1. The summed E-state index contributed by atoms with van der Waals surface area (Å²) in [6, 6.07) is 12.2. The summed E-state index contributed by atoms with van der Waals surface area (Å²) in [7, 11) is 1.34. The van der Waals surface area contributed by atoms with Crippen LogP contribution in [0.2, 0.25) is 10.0 Å². The molecule has 30 heavy (non-hydrogen) atoms. The molecule has 0 amide bonds. The average Bonchev–Trinajstić information content (AvgIpc) is 3.21. The molecular formula is C20H17Cl2N5O3. The third-order valence-electron chi connectivity index (χ3n) is 4.70. The molecule has 1 aliphatic heterocycles. The Bertz CT molecular complexity index is 1130. The van der Waals surface area contributed by atoms with E-state index in [1.54, 1.807) is 23.7 Å². The maximum Gasteiger partial charge on any atom is 0.338 e. The second-order valence-corrected chi connectivity index (χ2v) is 7.43. The van der Waals surface area contributed by atoms with E-state index in [2.05, 4.69) is 20.8 Å². The zero-order valence-corrected chi connectivity index (χ0v) is 17.6. The molecule has 0 radical (unpaired) electrons. The van der Waals surface area contributed by atoms with E-state index in [1.165, 1.54) is 7.11 Å². The van der Waals surface area contributed by atoms with Crippen LogP contribution in [-0.2, 0) is 16.1 Å². The number of carbonyl (C=O) groups is 1.